The molecule has 0 bridgehead atoms. The van der Waals surface area contributed by atoms with Crippen molar-refractivity contribution in [3.63, 3.8) is 0 Å². The number of carbonyl (C=O) groups is 1. The van der Waals surface area contributed by atoms with E-state index in [9.17, 15) is 4.79 Å². The van der Waals surface area contributed by atoms with Crippen LogP contribution >= 0.6 is 0 Å². The fraction of sp³-hybridized carbons (Fsp3) is 0.458. The first-order valence-corrected chi connectivity index (χ1v) is 9.92. The van der Waals surface area contributed by atoms with Crippen LogP contribution in [0.15, 0.2) is 36.4 Å². The van der Waals surface area contributed by atoms with Crippen molar-refractivity contribution in [3.05, 3.63) is 53.1 Å². The summed E-state index contributed by atoms with van der Waals surface area (Å²) in [4.78, 5) is 12.5. The first kappa shape index (κ1) is 20.2. The smallest absolute Gasteiger partial charge is 0.224 e. The third kappa shape index (κ3) is 4.16. The Morgan fingerprint density at radius 3 is 2.36 bits per heavy atom. The molecule has 1 unspecified atom stereocenters. The molecule has 0 spiro atoms. The molecule has 0 aromatic heterocycles. The van der Waals surface area contributed by atoms with Crippen LogP contribution in [0.25, 0.3) is 0 Å². The van der Waals surface area contributed by atoms with Crippen LogP contribution in [0.5, 0.6) is 5.75 Å². The molecular formula is C24H32N2O2. The van der Waals surface area contributed by atoms with Crippen LogP contribution in [0.1, 0.15) is 63.8 Å². The molecule has 28 heavy (non-hydrogen) atoms. The first-order valence-electron chi connectivity index (χ1n) is 9.92. The van der Waals surface area contributed by atoms with Gasteiger partial charge in [0, 0.05) is 23.4 Å². The van der Waals surface area contributed by atoms with Gasteiger partial charge in [0.05, 0.1) is 6.04 Å². The Morgan fingerprint density at radius 1 is 1.11 bits per heavy atom. The molecule has 0 saturated carbocycles. The number of benzene rings is 2. The van der Waals surface area contributed by atoms with Crippen LogP contribution < -0.4 is 15.4 Å². The minimum absolute atomic E-state index is 0.0116. The van der Waals surface area contributed by atoms with Gasteiger partial charge in [-0.1, -0.05) is 39.0 Å². The van der Waals surface area contributed by atoms with E-state index in [0.29, 0.717) is 6.42 Å². The summed E-state index contributed by atoms with van der Waals surface area (Å²) in [5.74, 6) is 0.963. The normalized spacial score (nSPS) is 17.6. The summed E-state index contributed by atoms with van der Waals surface area (Å²) in [7, 11) is 0. The maximum atomic E-state index is 12.5. The van der Waals surface area contributed by atoms with E-state index < -0.39 is 5.60 Å². The van der Waals surface area contributed by atoms with E-state index in [-0.39, 0.29) is 17.4 Å². The molecule has 0 aliphatic carbocycles. The number of amides is 1. The molecule has 2 N–H and O–H groups in total. The van der Waals surface area contributed by atoms with Crippen LogP contribution in [-0.2, 0) is 4.79 Å². The standard InChI is InChI=1S/C24H32N2O2/c1-15-16(2)21-18(13-19(15)26-20(27)14-23(3,4)5)22(24(6,7)28-21)25-17-11-9-8-10-12-17/h8-13,22,25H,14H2,1-7H3,(H,26,27). The second-order valence-corrected chi connectivity index (χ2v) is 9.53. The molecule has 0 saturated heterocycles. The Hall–Kier alpha value is -2.49. The number of rotatable bonds is 4. The fourth-order valence-corrected chi connectivity index (χ4v) is 3.72. The molecule has 0 radical (unpaired) electrons. The molecule has 1 atom stereocenters. The highest BCUT2D eigenvalue weighted by atomic mass is 16.5. The lowest BCUT2D eigenvalue weighted by molar-refractivity contribution is -0.117. The minimum Gasteiger partial charge on any atom is -0.485 e. The Kier molecular flexibility index (Phi) is 5.18. The maximum absolute atomic E-state index is 12.5. The van der Waals surface area contributed by atoms with Gasteiger partial charge in [-0.25, -0.2) is 0 Å². The summed E-state index contributed by atoms with van der Waals surface area (Å²) >= 11 is 0. The average Bonchev–Trinajstić information content (AvgIpc) is 2.83. The van der Waals surface area contributed by atoms with E-state index >= 15 is 0 Å². The number of hydrogen-bond acceptors (Lipinski definition) is 3. The molecule has 4 nitrogen and oxygen atoms in total. The molecule has 150 valence electrons. The van der Waals surface area contributed by atoms with Crippen LogP contribution in [0.4, 0.5) is 11.4 Å². The van der Waals surface area contributed by atoms with Crippen LogP contribution in [-0.4, -0.2) is 11.5 Å². The Balaban J connectivity index is 1.97. The zero-order valence-electron chi connectivity index (χ0n) is 18.1. The van der Waals surface area contributed by atoms with Crippen molar-refractivity contribution < 1.29 is 9.53 Å². The summed E-state index contributed by atoms with van der Waals surface area (Å²) in [6, 6.07) is 12.2. The van der Waals surface area contributed by atoms with E-state index in [1.807, 2.05) is 25.1 Å². The number of anilines is 2. The van der Waals surface area contributed by atoms with Crippen molar-refractivity contribution in [1.29, 1.82) is 0 Å². The van der Waals surface area contributed by atoms with Crippen molar-refractivity contribution in [2.45, 2.75) is 66.5 Å². The predicted octanol–water partition coefficient (Wildman–Crippen LogP) is 6.00. The van der Waals surface area contributed by atoms with Crippen LogP contribution in [0.2, 0.25) is 0 Å². The van der Waals surface area contributed by atoms with Gasteiger partial charge < -0.3 is 15.4 Å². The predicted molar refractivity (Wildman–Crippen MR) is 116 cm³/mol. The van der Waals surface area contributed by atoms with Gasteiger partial charge in [0.25, 0.3) is 0 Å². The molecule has 1 aliphatic heterocycles. The van der Waals surface area contributed by atoms with E-state index in [4.69, 9.17) is 4.74 Å². The number of hydrogen-bond donors (Lipinski definition) is 2. The Labute approximate surface area is 168 Å². The third-order valence-corrected chi connectivity index (χ3v) is 5.29. The molecule has 1 aliphatic rings. The molecule has 1 amide bonds. The fourth-order valence-electron chi connectivity index (χ4n) is 3.72. The van der Waals surface area contributed by atoms with E-state index in [0.717, 1.165) is 33.8 Å². The van der Waals surface area contributed by atoms with Crippen molar-refractivity contribution >= 4 is 17.3 Å². The lowest BCUT2D eigenvalue weighted by Crippen LogP contribution is -2.34. The van der Waals surface area contributed by atoms with Gasteiger partial charge in [0.15, 0.2) is 0 Å². The highest BCUT2D eigenvalue weighted by molar-refractivity contribution is 5.92. The van der Waals surface area contributed by atoms with E-state index in [1.54, 1.807) is 0 Å². The van der Waals surface area contributed by atoms with Gasteiger partial charge in [0.1, 0.15) is 11.4 Å². The topological polar surface area (TPSA) is 50.4 Å². The molecule has 4 heteroatoms. The third-order valence-electron chi connectivity index (χ3n) is 5.29. The van der Waals surface area contributed by atoms with Crippen molar-refractivity contribution in [1.82, 2.24) is 0 Å². The molecule has 2 aromatic rings. The summed E-state index contributed by atoms with van der Waals surface area (Å²) in [6.07, 6.45) is 0.482. The van der Waals surface area contributed by atoms with Gasteiger partial charge in [-0.05, 0) is 62.4 Å². The largest absolute Gasteiger partial charge is 0.485 e. The molecule has 0 fully saturated rings. The lowest BCUT2D eigenvalue weighted by atomic mass is 9.90. The summed E-state index contributed by atoms with van der Waals surface area (Å²) < 4.78 is 6.36. The Bertz CT molecular complexity index is 880. The molecule has 2 aromatic carbocycles. The minimum atomic E-state index is -0.399. The van der Waals surface area contributed by atoms with Crippen LogP contribution in [0, 0.1) is 19.3 Å². The van der Waals surface area contributed by atoms with Gasteiger partial charge >= 0.3 is 0 Å². The van der Waals surface area contributed by atoms with Crippen molar-refractivity contribution in [2.24, 2.45) is 5.41 Å². The SMILES string of the molecule is Cc1c(NC(=O)CC(C)(C)C)cc2c(c1C)OC(C)(C)C2Nc1ccccc1. The van der Waals surface area contributed by atoms with E-state index in [2.05, 4.69) is 70.4 Å². The second kappa shape index (κ2) is 7.16. The number of carbonyl (C=O) groups excluding carboxylic acids is 1. The number of ether oxygens (including phenoxy) is 1. The van der Waals surface area contributed by atoms with E-state index in [1.165, 1.54) is 0 Å². The van der Waals surface area contributed by atoms with Crippen LogP contribution in [0.3, 0.4) is 0 Å². The first-order chi connectivity index (χ1) is 13.0. The monoisotopic (exact) mass is 380 g/mol. The zero-order valence-corrected chi connectivity index (χ0v) is 18.1. The number of para-hydroxylation sites is 1. The number of fused-ring (bicyclic) bond motifs is 1. The highest BCUT2D eigenvalue weighted by Crippen LogP contribution is 2.48. The maximum Gasteiger partial charge on any atom is 0.224 e. The summed E-state index contributed by atoms with van der Waals surface area (Å²) in [5.41, 5.74) is 4.68. The van der Waals surface area contributed by atoms with Gasteiger partial charge in [-0.2, -0.15) is 0 Å². The quantitative estimate of drug-likeness (QED) is 0.684. The molecule has 1 heterocycles. The number of nitrogens with one attached hydrogen (secondary N) is 2. The van der Waals surface area contributed by atoms with Crippen molar-refractivity contribution in [3.8, 4) is 5.75 Å². The van der Waals surface area contributed by atoms with Gasteiger partial charge in [-0.15, -0.1) is 0 Å². The lowest BCUT2D eigenvalue weighted by Gasteiger charge is -2.28. The summed E-state index contributed by atoms with van der Waals surface area (Å²) in [6.45, 7) is 14.5. The molecular weight excluding hydrogens is 348 g/mol. The van der Waals surface area contributed by atoms with Crippen molar-refractivity contribution in [2.75, 3.05) is 10.6 Å². The molecule has 3 rings (SSSR count). The summed E-state index contributed by atoms with van der Waals surface area (Å²) in [5, 5.41) is 6.74. The second-order valence-electron chi connectivity index (χ2n) is 9.53. The average molecular weight is 381 g/mol. The highest BCUT2D eigenvalue weighted by Gasteiger charge is 2.42. The van der Waals surface area contributed by atoms with Gasteiger partial charge in [-0.3, -0.25) is 4.79 Å². The van der Waals surface area contributed by atoms with Gasteiger partial charge in [0.2, 0.25) is 5.91 Å². The zero-order chi connectivity index (χ0) is 20.7. The Morgan fingerprint density at radius 2 is 1.75 bits per heavy atom.